The zero-order valence-corrected chi connectivity index (χ0v) is 16.2. The van der Waals surface area contributed by atoms with Crippen molar-refractivity contribution < 1.29 is 14.4 Å². The first-order valence-electron chi connectivity index (χ1n) is 8.18. The molecule has 1 aliphatic rings. The molecule has 0 radical (unpaired) electrons. The number of benzene rings is 2. The molecular weight excluding hydrogens is 389 g/mol. The number of halogens is 2. The molecule has 1 aliphatic heterocycles. The first kappa shape index (κ1) is 19.2. The topological polar surface area (TPSA) is 78.5 Å². The maximum absolute atomic E-state index is 12.9. The van der Waals surface area contributed by atoms with Gasteiger partial charge in [0.1, 0.15) is 12.1 Å². The predicted octanol–water partition coefficient (Wildman–Crippen LogP) is 3.71. The number of hydrogen-bond acceptors (Lipinski definition) is 3. The summed E-state index contributed by atoms with van der Waals surface area (Å²) in [5, 5.41) is 6.17. The first-order chi connectivity index (χ1) is 12.7. The SMILES string of the molecule is Cc1c(Cl)cccc1NC(=O)CN1C(=O)N[C@@](C)(c2ccccc2Cl)C1=O. The molecule has 1 atom stereocenters. The highest BCUT2D eigenvalue weighted by atomic mass is 35.5. The van der Waals surface area contributed by atoms with Crippen molar-refractivity contribution in [2.45, 2.75) is 19.4 Å². The van der Waals surface area contributed by atoms with E-state index in [1.54, 1.807) is 56.3 Å². The summed E-state index contributed by atoms with van der Waals surface area (Å²) in [6.07, 6.45) is 0. The molecule has 2 aromatic rings. The van der Waals surface area contributed by atoms with Crippen LogP contribution in [0, 0.1) is 6.92 Å². The van der Waals surface area contributed by atoms with Crippen LogP contribution in [0.2, 0.25) is 10.0 Å². The molecule has 2 aromatic carbocycles. The lowest BCUT2D eigenvalue weighted by molar-refractivity contribution is -0.133. The quantitative estimate of drug-likeness (QED) is 0.760. The lowest BCUT2D eigenvalue weighted by Crippen LogP contribution is -2.42. The van der Waals surface area contributed by atoms with Gasteiger partial charge in [0.05, 0.1) is 0 Å². The van der Waals surface area contributed by atoms with Gasteiger partial charge >= 0.3 is 6.03 Å². The molecule has 0 aliphatic carbocycles. The zero-order chi connectivity index (χ0) is 19.8. The highest BCUT2D eigenvalue weighted by Crippen LogP contribution is 2.33. The highest BCUT2D eigenvalue weighted by Gasteiger charge is 2.50. The monoisotopic (exact) mass is 405 g/mol. The molecule has 0 spiro atoms. The second kappa shape index (κ2) is 7.21. The van der Waals surface area contributed by atoms with E-state index < -0.39 is 29.9 Å². The summed E-state index contributed by atoms with van der Waals surface area (Å²) in [5.41, 5.74) is 0.361. The second-order valence-corrected chi connectivity index (χ2v) is 7.20. The molecule has 0 saturated carbocycles. The summed E-state index contributed by atoms with van der Waals surface area (Å²) in [5.74, 6) is -1.05. The molecule has 27 heavy (non-hydrogen) atoms. The Morgan fingerprint density at radius 1 is 1.11 bits per heavy atom. The molecule has 2 N–H and O–H groups in total. The van der Waals surface area contributed by atoms with Crippen molar-refractivity contribution in [1.82, 2.24) is 10.2 Å². The van der Waals surface area contributed by atoms with Gasteiger partial charge in [-0.1, -0.05) is 47.5 Å². The lowest BCUT2D eigenvalue weighted by atomic mass is 9.92. The van der Waals surface area contributed by atoms with Crippen LogP contribution >= 0.6 is 23.2 Å². The van der Waals surface area contributed by atoms with Gasteiger partial charge in [0, 0.05) is 21.3 Å². The van der Waals surface area contributed by atoms with Crippen molar-refractivity contribution in [3.05, 3.63) is 63.6 Å². The first-order valence-corrected chi connectivity index (χ1v) is 8.93. The Hall–Kier alpha value is -2.57. The number of nitrogens with zero attached hydrogens (tertiary/aromatic N) is 1. The number of urea groups is 1. The van der Waals surface area contributed by atoms with Crippen LogP contribution in [0.3, 0.4) is 0 Å². The van der Waals surface area contributed by atoms with Crippen molar-refractivity contribution in [2.75, 3.05) is 11.9 Å². The number of nitrogens with one attached hydrogen (secondary N) is 2. The number of carbonyl (C=O) groups excluding carboxylic acids is 3. The number of imide groups is 1. The Bertz CT molecular complexity index is 948. The molecule has 0 bridgehead atoms. The number of rotatable bonds is 4. The molecule has 8 heteroatoms. The van der Waals surface area contributed by atoms with Crippen LogP contribution in [-0.2, 0) is 15.1 Å². The summed E-state index contributed by atoms with van der Waals surface area (Å²) in [6, 6.07) is 11.2. The summed E-state index contributed by atoms with van der Waals surface area (Å²) in [4.78, 5) is 38.5. The van der Waals surface area contributed by atoms with E-state index >= 15 is 0 Å². The highest BCUT2D eigenvalue weighted by molar-refractivity contribution is 6.32. The smallest absolute Gasteiger partial charge is 0.324 e. The van der Waals surface area contributed by atoms with E-state index in [0.29, 0.717) is 26.9 Å². The van der Waals surface area contributed by atoms with Crippen LogP contribution in [-0.4, -0.2) is 29.3 Å². The number of anilines is 1. The van der Waals surface area contributed by atoms with E-state index in [2.05, 4.69) is 10.6 Å². The van der Waals surface area contributed by atoms with Crippen LogP contribution in [0.5, 0.6) is 0 Å². The Labute approximate surface area is 166 Å². The van der Waals surface area contributed by atoms with Crippen molar-refractivity contribution in [2.24, 2.45) is 0 Å². The fourth-order valence-electron chi connectivity index (χ4n) is 2.97. The van der Waals surface area contributed by atoms with E-state index in [9.17, 15) is 14.4 Å². The molecule has 0 unspecified atom stereocenters. The molecule has 1 saturated heterocycles. The minimum Gasteiger partial charge on any atom is -0.324 e. The maximum Gasteiger partial charge on any atom is 0.325 e. The van der Waals surface area contributed by atoms with Gasteiger partial charge in [-0.3, -0.25) is 14.5 Å². The fourth-order valence-corrected chi connectivity index (χ4v) is 3.47. The van der Waals surface area contributed by atoms with Crippen LogP contribution < -0.4 is 10.6 Å². The van der Waals surface area contributed by atoms with Gasteiger partial charge in [0.2, 0.25) is 5.91 Å². The summed E-state index contributed by atoms with van der Waals surface area (Å²) < 4.78 is 0. The third-order valence-electron chi connectivity index (χ3n) is 4.53. The summed E-state index contributed by atoms with van der Waals surface area (Å²) in [6.45, 7) is 2.91. The molecule has 6 nitrogen and oxygen atoms in total. The number of amides is 4. The predicted molar refractivity (Wildman–Crippen MR) is 104 cm³/mol. The van der Waals surface area contributed by atoms with Crippen molar-refractivity contribution >= 4 is 46.7 Å². The normalized spacial score (nSPS) is 19.2. The second-order valence-electron chi connectivity index (χ2n) is 6.39. The molecule has 140 valence electrons. The molecule has 0 aromatic heterocycles. The van der Waals surface area contributed by atoms with E-state index in [-0.39, 0.29) is 0 Å². The van der Waals surface area contributed by atoms with Gasteiger partial charge in [-0.2, -0.15) is 0 Å². The molecule has 1 fully saturated rings. The van der Waals surface area contributed by atoms with Crippen LogP contribution in [0.1, 0.15) is 18.1 Å². The van der Waals surface area contributed by atoms with E-state index in [0.717, 1.165) is 4.90 Å². The van der Waals surface area contributed by atoms with Crippen LogP contribution in [0.4, 0.5) is 10.5 Å². The average molecular weight is 406 g/mol. The Morgan fingerprint density at radius 2 is 1.78 bits per heavy atom. The fraction of sp³-hybridized carbons (Fsp3) is 0.211. The summed E-state index contributed by atoms with van der Waals surface area (Å²) >= 11 is 12.2. The lowest BCUT2D eigenvalue weighted by Gasteiger charge is -2.23. The molecule has 1 heterocycles. The minimum atomic E-state index is -1.33. The van der Waals surface area contributed by atoms with Crippen molar-refractivity contribution in [3.63, 3.8) is 0 Å². The Morgan fingerprint density at radius 3 is 2.48 bits per heavy atom. The van der Waals surface area contributed by atoms with E-state index in [1.165, 1.54) is 0 Å². The van der Waals surface area contributed by atoms with Gasteiger partial charge in [-0.05, 0) is 37.6 Å². The third kappa shape index (κ3) is 3.50. The Balaban J connectivity index is 1.79. The number of carbonyl (C=O) groups is 3. The van der Waals surface area contributed by atoms with Gasteiger partial charge in [0.25, 0.3) is 5.91 Å². The standard InChI is InChI=1S/C19H17Cl2N3O3/c1-11-13(20)8-5-9-15(11)22-16(25)10-24-17(26)19(2,23-18(24)27)12-6-3-4-7-14(12)21/h3-9H,10H2,1-2H3,(H,22,25)(H,23,27)/t19-/m0/s1. The van der Waals surface area contributed by atoms with Crippen LogP contribution in [0.15, 0.2) is 42.5 Å². The average Bonchev–Trinajstić information content (AvgIpc) is 2.83. The minimum absolute atomic E-state index is 0.356. The Kier molecular flexibility index (Phi) is 5.13. The van der Waals surface area contributed by atoms with Crippen molar-refractivity contribution in [3.8, 4) is 0 Å². The van der Waals surface area contributed by atoms with Gasteiger partial charge in [0.15, 0.2) is 0 Å². The number of hydrogen-bond donors (Lipinski definition) is 2. The van der Waals surface area contributed by atoms with Gasteiger partial charge in [-0.25, -0.2) is 4.79 Å². The largest absolute Gasteiger partial charge is 0.325 e. The maximum atomic E-state index is 12.9. The molecule has 3 rings (SSSR count). The van der Waals surface area contributed by atoms with Gasteiger partial charge in [-0.15, -0.1) is 0 Å². The summed E-state index contributed by atoms with van der Waals surface area (Å²) in [7, 11) is 0. The third-order valence-corrected chi connectivity index (χ3v) is 5.27. The van der Waals surface area contributed by atoms with E-state index in [4.69, 9.17) is 23.2 Å². The molecule has 4 amide bonds. The zero-order valence-electron chi connectivity index (χ0n) is 14.7. The van der Waals surface area contributed by atoms with Gasteiger partial charge < -0.3 is 10.6 Å². The van der Waals surface area contributed by atoms with Crippen molar-refractivity contribution in [1.29, 1.82) is 0 Å². The molecular formula is C19H17Cl2N3O3. The van der Waals surface area contributed by atoms with E-state index in [1.807, 2.05) is 0 Å². The van der Waals surface area contributed by atoms with Crippen LogP contribution in [0.25, 0.3) is 0 Å².